The van der Waals surface area contributed by atoms with Gasteiger partial charge in [-0.1, -0.05) is 19.1 Å². The molecule has 0 unspecified atom stereocenters. The SMILES string of the molecule is CCc1nnc2n1C[C@H](NCc1ccc3c(c1)CCO3)CC2. The Kier molecular flexibility index (Phi) is 3.58. The summed E-state index contributed by atoms with van der Waals surface area (Å²) in [4.78, 5) is 0. The topological polar surface area (TPSA) is 52.0 Å². The zero-order valence-corrected chi connectivity index (χ0v) is 13.0. The predicted molar refractivity (Wildman–Crippen MR) is 84.0 cm³/mol. The molecule has 0 amide bonds. The van der Waals surface area contributed by atoms with Crippen LogP contribution >= 0.6 is 0 Å². The maximum absolute atomic E-state index is 5.57. The number of hydrogen-bond donors (Lipinski definition) is 1. The maximum Gasteiger partial charge on any atom is 0.133 e. The van der Waals surface area contributed by atoms with Crippen molar-refractivity contribution in [3.8, 4) is 5.75 Å². The molecule has 3 heterocycles. The van der Waals surface area contributed by atoms with E-state index >= 15 is 0 Å². The Hall–Kier alpha value is -1.88. The summed E-state index contributed by atoms with van der Waals surface area (Å²) in [7, 11) is 0. The molecule has 0 radical (unpaired) electrons. The zero-order chi connectivity index (χ0) is 14.9. The highest BCUT2D eigenvalue weighted by Crippen LogP contribution is 2.26. The van der Waals surface area contributed by atoms with Crippen molar-refractivity contribution in [2.24, 2.45) is 0 Å². The van der Waals surface area contributed by atoms with E-state index in [1.165, 1.54) is 11.1 Å². The Bertz CT molecular complexity index is 666. The molecule has 0 saturated carbocycles. The highest BCUT2D eigenvalue weighted by molar-refractivity contribution is 5.39. The standard InChI is InChI=1S/C17H22N4O/c1-2-16-19-20-17-6-4-14(11-21(16)17)18-10-12-3-5-15-13(9-12)7-8-22-15/h3,5,9,14,18H,2,4,6-8,10-11H2,1H3/t14-/m1/s1. The van der Waals surface area contributed by atoms with Crippen LogP contribution in [0.1, 0.15) is 36.1 Å². The van der Waals surface area contributed by atoms with Gasteiger partial charge in [0.1, 0.15) is 17.4 Å². The van der Waals surface area contributed by atoms with Gasteiger partial charge in [-0.05, 0) is 23.6 Å². The smallest absolute Gasteiger partial charge is 0.133 e. The molecule has 0 spiro atoms. The van der Waals surface area contributed by atoms with Gasteiger partial charge in [0.15, 0.2) is 0 Å². The number of ether oxygens (including phenoxy) is 1. The summed E-state index contributed by atoms with van der Waals surface area (Å²) in [6.45, 7) is 4.86. The van der Waals surface area contributed by atoms with E-state index in [0.717, 1.165) is 62.8 Å². The van der Waals surface area contributed by atoms with E-state index in [0.29, 0.717) is 6.04 Å². The molecule has 0 fully saturated rings. The largest absolute Gasteiger partial charge is 0.493 e. The molecular formula is C17H22N4O. The summed E-state index contributed by atoms with van der Waals surface area (Å²) in [6.07, 6.45) is 4.14. The predicted octanol–water partition coefficient (Wildman–Crippen LogP) is 1.88. The molecule has 1 N–H and O–H groups in total. The van der Waals surface area contributed by atoms with Crippen molar-refractivity contribution in [1.82, 2.24) is 20.1 Å². The van der Waals surface area contributed by atoms with Crippen molar-refractivity contribution in [3.05, 3.63) is 41.0 Å². The van der Waals surface area contributed by atoms with Crippen LogP contribution < -0.4 is 10.1 Å². The fourth-order valence-electron chi connectivity index (χ4n) is 3.42. The first-order chi connectivity index (χ1) is 10.8. The second-order valence-corrected chi connectivity index (χ2v) is 6.15. The van der Waals surface area contributed by atoms with Crippen LogP contribution in [0, 0.1) is 0 Å². The van der Waals surface area contributed by atoms with E-state index in [9.17, 15) is 0 Å². The normalized spacial score (nSPS) is 19.6. The monoisotopic (exact) mass is 298 g/mol. The van der Waals surface area contributed by atoms with E-state index in [2.05, 4.69) is 45.2 Å². The number of aromatic nitrogens is 3. The third-order valence-corrected chi connectivity index (χ3v) is 4.69. The van der Waals surface area contributed by atoms with Gasteiger partial charge in [0.25, 0.3) is 0 Å². The number of aryl methyl sites for hydroxylation is 2. The lowest BCUT2D eigenvalue weighted by Gasteiger charge is -2.25. The summed E-state index contributed by atoms with van der Waals surface area (Å²) in [6, 6.07) is 7.05. The molecule has 1 atom stereocenters. The Labute approximate surface area is 130 Å². The fourth-order valence-corrected chi connectivity index (χ4v) is 3.42. The van der Waals surface area contributed by atoms with Gasteiger partial charge in [-0.25, -0.2) is 0 Å². The average molecular weight is 298 g/mol. The molecule has 4 rings (SSSR count). The number of rotatable bonds is 4. The summed E-state index contributed by atoms with van der Waals surface area (Å²) < 4.78 is 7.86. The van der Waals surface area contributed by atoms with E-state index in [4.69, 9.17) is 4.74 Å². The summed E-state index contributed by atoms with van der Waals surface area (Å²) >= 11 is 0. The lowest BCUT2D eigenvalue weighted by molar-refractivity contribution is 0.356. The summed E-state index contributed by atoms with van der Waals surface area (Å²) in [5.41, 5.74) is 2.69. The number of hydrogen-bond acceptors (Lipinski definition) is 4. The minimum atomic E-state index is 0.498. The molecule has 22 heavy (non-hydrogen) atoms. The van der Waals surface area contributed by atoms with Crippen LogP contribution in [0.3, 0.4) is 0 Å². The zero-order valence-electron chi connectivity index (χ0n) is 13.0. The highest BCUT2D eigenvalue weighted by atomic mass is 16.5. The first kappa shape index (κ1) is 13.8. The van der Waals surface area contributed by atoms with Gasteiger partial charge in [0.2, 0.25) is 0 Å². The van der Waals surface area contributed by atoms with Crippen LogP contribution in [0.4, 0.5) is 0 Å². The van der Waals surface area contributed by atoms with Gasteiger partial charge in [0, 0.05) is 38.4 Å². The minimum Gasteiger partial charge on any atom is -0.493 e. The molecule has 0 bridgehead atoms. The number of fused-ring (bicyclic) bond motifs is 2. The molecule has 2 aliphatic rings. The molecular weight excluding hydrogens is 276 g/mol. The van der Waals surface area contributed by atoms with Gasteiger partial charge in [-0.3, -0.25) is 0 Å². The summed E-state index contributed by atoms with van der Waals surface area (Å²) in [5, 5.41) is 12.3. The molecule has 2 aliphatic heterocycles. The molecule has 0 aliphatic carbocycles. The van der Waals surface area contributed by atoms with E-state index < -0.39 is 0 Å². The van der Waals surface area contributed by atoms with Crippen LogP contribution in [0.5, 0.6) is 5.75 Å². The molecule has 0 saturated heterocycles. The average Bonchev–Trinajstić information content (AvgIpc) is 3.18. The third kappa shape index (κ3) is 2.50. The van der Waals surface area contributed by atoms with Crippen molar-refractivity contribution in [1.29, 1.82) is 0 Å². The second kappa shape index (κ2) is 5.72. The van der Waals surface area contributed by atoms with Crippen LogP contribution in [0.2, 0.25) is 0 Å². The van der Waals surface area contributed by atoms with E-state index in [1.54, 1.807) is 0 Å². The van der Waals surface area contributed by atoms with Crippen molar-refractivity contribution in [3.63, 3.8) is 0 Å². The van der Waals surface area contributed by atoms with Crippen LogP contribution in [-0.4, -0.2) is 27.4 Å². The van der Waals surface area contributed by atoms with Crippen LogP contribution in [0.15, 0.2) is 18.2 Å². The lowest BCUT2D eigenvalue weighted by atomic mass is 10.1. The Morgan fingerprint density at radius 1 is 1.32 bits per heavy atom. The quantitative estimate of drug-likeness (QED) is 0.936. The van der Waals surface area contributed by atoms with Gasteiger partial charge in [0.05, 0.1) is 6.61 Å². The van der Waals surface area contributed by atoms with Gasteiger partial charge >= 0.3 is 0 Å². The first-order valence-corrected chi connectivity index (χ1v) is 8.22. The van der Waals surface area contributed by atoms with E-state index in [1.807, 2.05) is 0 Å². The van der Waals surface area contributed by atoms with Gasteiger partial charge in [-0.15, -0.1) is 10.2 Å². The lowest BCUT2D eigenvalue weighted by Crippen LogP contribution is -2.37. The Morgan fingerprint density at radius 2 is 2.27 bits per heavy atom. The second-order valence-electron chi connectivity index (χ2n) is 6.15. The maximum atomic E-state index is 5.57. The van der Waals surface area contributed by atoms with Crippen molar-refractivity contribution < 1.29 is 4.74 Å². The van der Waals surface area contributed by atoms with Crippen molar-refractivity contribution >= 4 is 0 Å². The van der Waals surface area contributed by atoms with Crippen molar-refractivity contribution in [2.75, 3.05) is 6.61 Å². The Balaban J connectivity index is 1.40. The number of nitrogens with zero attached hydrogens (tertiary/aromatic N) is 3. The third-order valence-electron chi connectivity index (χ3n) is 4.69. The van der Waals surface area contributed by atoms with Crippen LogP contribution in [-0.2, 0) is 32.4 Å². The number of nitrogens with one attached hydrogen (secondary N) is 1. The Morgan fingerprint density at radius 3 is 3.18 bits per heavy atom. The number of benzene rings is 1. The first-order valence-electron chi connectivity index (χ1n) is 8.22. The molecule has 5 nitrogen and oxygen atoms in total. The molecule has 5 heteroatoms. The fraction of sp³-hybridized carbons (Fsp3) is 0.529. The highest BCUT2D eigenvalue weighted by Gasteiger charge is 2.22. The van der Waals surface area contributed by atoms with Crippen molar-refractivity contribution in [2.45, 2.75) is 51.7 Å². The van der Waals surface area contributed by atoms with Gasteiger partial charge in [-0.2, -0.15) is 0 Å². The minimum absolute atomic E-state index is 0.498. The molecule has 116 valence electrons. The summed E-state index contributed by atoms with van der Waals surface area (Å²) in [5.74, 6) is 3.31. The molecule has 2 aromatic rings. The molecule has 1 aromatic carbocycles. The van der Waals surface area contributed by atoms with E-state index in [-0.39, 0.29) is 0 Å². The van der Waals surface area contributed by atoms with Gasteiger partial charge < -0.3 is 14.6 Å². The molecule has 1 aromatic heterocycles. The van der Waals surface area contributed by atoms with Crippen LogP contribution in [0.25, 0.3) is 0 Å².